The fourth-order valence-electron chi connectivity index (χ4n) is 3.16. The molecule has 2 N–H and O–H groups in total. The van der Waals surface area contributed by atoms with E-state index in [0.29, 0.717) is 23.9 Å². The minimum absolute atomic E-state index is 0.256. The van der Waals surface area contributed by atoms with Crippen LogP contribution < -0.4 is 15.4 Å². The number of benzene rings is 2. The summed E-state index contributed by atoms with van der Waals surface area (Å²) in [5, 5.41) is 7.31. The highest BCUT2D eigenvalue weighted by molar-refractivity contribution is 6.32. The molecule has 30 heavy (non-hydrogen) atoms. The van der Waals surface area contributed by atoms with Gasteiger partial charge in [0.25, 0.3) is 0 Å². The van der Waals surface area contributed by atoms with Gasteiger partial charge in [0.15, 0.2) is 5.96 Å². The second kappa shape index (κ2) is 12.4. The van der Waals surface area contributed by atoms with Gasteiger partial charge in [-0.1, -0.05) is 48.0 Å². The van der Waals surface area contributed by atoms with E-state index >= 15 is 0 Å². The predicted octanol–water partition coefficient (Wildman–Crippen LogP) is 3.78. The van der Waals surface area contributed by atoms with Crippen LogP contribution in [0, 0.1) is 0 Å². The second-order valence-electron chi connectivity index (χ2n) is 7.05. The number of hydrogen-bond acceptors (Lipinski definition) is 4. The minimum Gasteiger partial charge on any atom is -0.487 e. The van der Waals surface area contributed by atoms with Gasteiger partial charge in [0.2, 0.25) is 0 Å². The number of hydrogen-bond donors (Lipinski definition) is 2. The number of aliphatic imine (C=N–C) groups is 1. The zero-order valence-electron chi connectivity index (χ0n) is 17.4. The molecule has 1 saturated heterocycles. The Bertz CT molecular complexity index is 810. The molecule has 0 radical (unpaired) electrons. The van der Waals surface area contributed by atoms with Gasteiger partial charge in [-0.25, -0.2) is 0 Å². The highest BCUT2D eigenvalue weighted by Gasteiger charge is 2.15. The SMILES string of the molecule is CN=C(NCCCOC1CCOC1)NCc1ccccc1COc1ccccc1Cl. The third kappa shape index (κ3) is 7.20. The van der Waals surface area contributed by atoms with E-state index < -0.39 is 0 Å². The van der Waals surface area contributed by atoms with Crippen LogP contribution in [0.1, 0.15) is 24.0 Å². The number of para-hydroxylation sites is 1. The van der Waals surface area contributed by atoms with E-state index in [9.17, 15) is 0 Å². The molecule has 1 aliphatic heterocycles. The van der Waals surface area contributed by atoms with Gasteiger partial charge in [0.05, 0.1) is 17.7 Å². The summed E-state index contributed by atoms with van der Waals surface area (Å²) in [6, 6.07) is 15.7. The van der Waals surface area contributed by atoms with Crippen LogP contribution in [0.4, 0.5) is 0 Å². The fraction of sp³-hybridized carbons (Fsp3) is 0.435. The molecule has 1 heterocycles. The third-order valence-corrected chi connectivity index (χ3v) is 5.18. The molecule has 3 rings (SSSR count). The maximum absolute atomic E-state index is 6.18. The van der Waals surface area contributed by atoms with Crippen molar-refractivity contribution in [2.24, 2.45) is 4.99 Å². The van der Waals surface area contributed by atoms with Gasteiger partial charge < -0.3 is 24.8 Å². The van der Waals surface area contributed by atoms with Crippen LogP contribution >= 0.6 is 11.6 Å². The Morgan fingerprint density at radius 1 is 1.13 bits per heavy atom. The second-order valence-corrected chi connectivity index (χ2v) is 7.46. The average molecular weight is 432 g/mol. The van der Waals surface area contributed by atoms with Gasteiger partial charge in [0, 0.05) is 33.4 Å². The van der Waals surface area contributed by atoms with Crippen molar-refractivity contribution in [3.05, 3.63) is 64.7 Å². The lowest BCUT2D eigenvalue weighted by Gasteiger charge is -2.15. The number of nitrogens with zero attached hydrogens (tertiary/aromatic N) is 1. The Labute approximate surface area is 183 Å². The molecular weight excluding hydrogens is 402 g/mol. The summed E-state index contributed by atoms with van der Waals surface area (Å²) >= 11 is 6.18. The monoisotopic (exact) mass is 431 g/mol. The van der Waals surface area contributed by atoms with Crippen molar-refractivity contribution in [2.75, 3.05) is 33.4 Å². The van der Waals surface area contributed by atoms with Crippen LogP contribution in [0.15, 0.2) is 53.5 Å². The Kier molecular flexibility index (Phi) is 9.28. The molecule has 1 aliphatic rings. The Balaban J connectivity index is 1.42. The van der Waals surface area contributed by atoms with E-state index in [1.54, 1.807) is 7.05 Å². The lowest BCUT2D eigenvalue weighted by molar-refractivity contribution is 0.0420. The lowest BCUT2D eigenvalue weighted by atomic mass is 10.1. The standard InChI is InChI=1S/C23H30ClN3O3/c1-25-23(26-12-6-13-29-20-11-14-28-17-20)27-15-18-7-2-3-8-19(18)16-30-22-10-5-4-9-21(22)24/h2-5,7-10,20H,6,11-17H2,1H3,(H2,25,26,27). The van der Waals surface area contributed by atoms with Gasteiger partial charge in [0.1, 0.15) is 12.4 Å². The minimum atomic E-state index is 0.256. The van der Waals surface area contributed by atoms with Crippen molar-refractivity contribution in [3.63, 3.8) is 0 Å². The first kappa shape index (κ1) is 22.4. The third-order valence-electron chi connectivity index (χ3n) is 4.86. The Morgan fingerprint density at radius 3 is 2.70 bits per heavy atom. The zero-order chi connectivity index (χ0) is 21.0. The molecule has 162 valence electrons. The number of nitrogens with one attached hydrogen (secondary N) is 2. The van der Waals surface area contributed by atoms with Crippen molar-refractivity contribution in [1.82, 2.24) is 10.6 Å². The summed E-state index contributed by atoms with van der Waals surface area (Å²) in [6.07, 6.45) is 2.17. The van der Waals surface area contributed by atoms with Gasteiger partial charge in [-0.05, 0) is 36.1 Å². The van der Waals surface area contributed by atoms with Crippen LogP contribution in [-0.4, -0.2) is 45.5 Å². The maximum atomic E-state index is 6.18. The van der Waals surface area contributed by atoms with Crippen LogP contribution in [0.5, 0.6) is 5.75 Å². The quantitative estimate of drug-likeness (QED) is 0.340. The molecule has 2 aromatic rings. The molecule has 0 amide bonds. The van der Waals surface area contributed by atoms with Crippen LogP contribution in [0.25, 0.3) is 0 Å². The molecule has 0 saturated carbocycles. The first-order chi connectivity index (χ1) is 14.8. The Morgan fingerprint density at radius 2 is 1.93 bits per heavy atom. The van der Waals surface area contributed by atoms with Gasteiger partial charge in [-0.2, -0.15) is 0 Å². The number of guanidine groups is 1. The molecule has 0 aliphatic carbocycles. The molecule has 7 heteroatoms. The number of halogens is 1. The summed E-state index contributed by atoms with van der Waals surface area (Å²) in [5.41, 5.74) is 2.25. The van der Waals surface area contributed by atoms with E-state index in [1.165, 1.54) is 0 Å². The van der Waals surface area contributed by atoms with Crippen LogP contribution in [0.2, 0.25) is 5.02 Å². The maximum Gasteiger partial charge on any atom is 0.191 e. The average Bonchev–Trinajstić information content (AvgIpc) is 3.29. The Hall–Kier alpha value is -2.28. The van der Waals surface area contributed by atoms with Crippen molar-refractivity contribution in [1.29, 1.82) is 0 Å². The van der Waals surface area contributed by atoms with Gasteiger partial charge >= 0.3 is 0 Å². The molecule has 1 fully saturated rings. The summed E-state index contributed by atoms with van der Waals surface area (Å²) < 4.78 is 17.0. The molecule has 2 aromatic carbocycles. The van der Waals surface area contributed by atoms with Crippen molar-refractivity contribution in [2.45, 2.75) is 32.1 Å². The lowest BCUT2D eigenvalue weighted by Crippen LogP contribution is -2.37. The number of rotatable bonds is 10. The molecule has 0 bridgehead atoms. The highest BCUT2D eigenvalue weighted by atomic mass is 35.5. The van der Waals surface area contributed by atoms with Gasteiger partial charge in [-0.15, -0.1) is 0 Å². The topological polar surface area (TPSA) is 64.1 Å². The molecule has 0 spiro atoms. The zero-order valence-corrected chi connectivity index (χ0v) is 18.2. The van der Waals surface area contributed by atoms with Crippen molar-refractivity contribution >= 4 is 17.6 Å². The van der Waals surface area contributed by atoms with Crippen LogP contribution in [-0.2, 0) is 22.6 Å². The van der Waals surface area contributed by atoms with E-state index in [1.807, 2.05) is 36.4 Å². The highest BCUT2D eigenvalue weighted by Crippen LogP contribution is 2.24. The molecule has 0 aromatic heterocycles. The van der Waals surface area contributed by atoms with Gasteiger partial charge in [-0.3, -0.25) is 4.99 Å². The van der Waals surface area contributed by atoms with E-state index in [0.717, 1.165) is 56.3 Å². The smallest absolute Gasteiger partial charge is 0.191 e. The van der Waals surface area contributed by atoms with Crippen molar-refractivity contribution in [3.8, 4) is 5.75 Å². The van der Waals surface area contributed by atoms with E-state index in [-0.39, 0.29) is 6.10 Å². The summed E-state index contributed by atoms with van der Waals surface area (Å²) in [5.74, 6) is 1.45. The predicted molar refractivity (Wildman–Crippen MR) is 120 cm³/mol. The molecule has 6 nitrogen and oxygen atoms in total. The molecule has 1 atom stereocenters. The summed E-state index contributed by atoms with van der Waals surface area (Å²) in [7, 11) is 1.77. The first-order valence-electron chi connectivity index (χ1n) is 10.3. The van der Waals surface area contributed by atoms with Crippen LogP contribution in [0.3, 0.4) is 0 Å². The number of ether oxygens (including phenoxy) is 3. The first-order valence-corrected chi connectivity index (χ1v) is 10.7. The molecular formula is C23H30ClN3O3. The molecule has 1 unspecified atom stereocenters. The fourth-order valence-corrected chi connectivity index (χ4v) is 3.35. The van der Waals surface area contributed by atoms with E-state index in [2.05, 4.69) is 27.8 Å². The van der Waals surface area contributed by atoms with Crippen molar-refractivity contribution < 1.29 is 14.2 Å². The normalized spacial score (nSPS) is 16.5. The van der Waals surface area contributed by atoms with E-state index in [4.69, 9.17) is 25.8 Å². The summed E-state index contributed by atoms with van der Waals surface area (Å²) in [6.45, 7) is 4.15. The summed E-state index contributed by atoms with van der Waals surface area (Å²) in [4.78, 5) is 4.30. The largest absolute Gasteiger partial charge is 0.487 e.